The van der Waals surface area contributed by atoms with E-state index in [0.717, 1.165) is 12.8 Å². The molecule has 2 rings (SSSR count). The number of hydrogen-bond acceptors (Lipinski definition) is 3. The molecule has 1 heterocycles. The normalized spacial score (nSPS) is 23.9. The van der Waals surface area contributed by atoms with Crippen LogP contribution in [0.15, 0.2) is 12.3 Å². The Bertz CT molecular complexity index is 382. The number of hydrogen-bond donors (Lipinski definition) is 1. The maximum absolute atomic E-state index is 12.0. The molecule has 16 heavy (non-hydrogen) atoms. The lowest BCUT2D eigenvalue weighted by Gasteiger charge is -2.34. The summed E-state index contributed by atoms with van der Waals surface area (Å²) in [5, 5.41) is 13.2. The molecule has 1 aliphatic carbocycles. The zero-order chi connectivity index (χ0) is 11.7. The Morgan fingerprint density at radius 2 is 2.38 bits per heavy atom. The van der Waals surface area contributed by atoms with Crippen LogP contribution >= 0.6 is 0 Å². The molecule has 1 aliphatic rings. The molecule has 88 valence electrons. The van der Waals surface area contributed by atoms with E-state index in [1.54, 1.807) is 35.9 Å². The number of carbonyl (C=O) groups is 1. The van der Waals surface area contributed by atoms with Crippen molar-refractivity contribution >= 4 is 5.91 Å². The predicted octanol–water partition coefficient (Wildman–Crippen LogP) is 0.263. The molecule has 5 nitrogen and oxygen atoms in total. The second-order valence-corrected chi connectivity index (χ2v) is 4.52. The quantitative estimate of drug-likeness (QED) is 0.799. The van der Waals surface area contributed by atoms with Gasteiger partial charge in [0.05, 0.1) is 6.10 Å². The van der Waals surface area contributed by atoms with Crippen molar-refractivity contribution in [1.29, 1.82) is 0 Å². The van der Waals surface area contributed by atoms with E-state index in [1.165, 1.54) is 0 Å². The number of aromatic nitrogens is 2. The van der Waals surface area contributed by atoms with Gasteiger partial charge in [-0.3, -0.25) is 9.48 Å². The maximum Gasteiger partial charge on any atom is 0.271 e. The Morgan fingerprint density at radius 3 is 2.88 bits per heavy atom. The van der Waals surface area contributed by atoms with Gasteiger partial charge in [0.2, 0.25) is 0 Å². The second-order valence-electron chi connectivity index (χ2n) is 4.52. The highest BCUT2D eigenvalue weighted by Gasteiger charge is 2.29. The van der Waals surface area contributed by atoms with E-state index in [4.69, 9.17) is 0 Å². The van der Waals surface area contributed by atoms with Gasteiger partial charge in [0.15, 0.2) is 0 Å². The standard InChI is InChI=1S/C11H17N3O2/c1-13(7-8-5-9(15)6-8)11(16)10-3-4-12-14(10)2/h3-4,8-9,15H,5-7H2,1-2H3. The molecule has 0 radical (unpaired) electrons. The number of aryl methyl sites for hydroxylation is 1. The summed E-state index contributed by atoms with van der Waals surface area (Å²) in [5.41, 5.74) is 0.599. The average molecular weight is 223 g/mol. The van der Waals surface area contributed by atoms with Crippen molar-refractivity contribution in [1.82, 2.24) is 14.7 Å². The fourth-order valence-electron chi connectivity index (χ4n) is 2.10. The molecule has 0 spiro atoms. The van der Waals surface area contributed by atoms with Crippen LogP contribution in [0.2, 0.25) is 0 Å². The highest BCUT2D eigenvalue weighted by atomic mass is 16.3. The Morgan fingerprint density at radius 1 is 1.69 bits per heavy atom. The van der Waals surface area contributed by atoms with Crippen molar-refractivity contribution in [3.8, 4) is 0 Å². The third-order valence-electron chi connectivity index (χ3n) is 3.13. The molecule has 0 aromatic carbocycles. The van der Waals surface area contributed by atoms with Gasteiger partial charge >= 0.3 is 0 Å². The first-order valence-electron chi connectivity index (χ1n) is 5.49. The third kappa shape index (κ3) is 2.09. The van der Waals surface area contributed by atoms with Gasteiger partial charge < -0.3 is 10.0 Å². The van der Waals surface area contributed by atoms with Crippen LogP contribution < -0.4 is 0 Å². The first-order valence-corrected chi connectivity index (χ1v) is 5.49. The monoisotopic (exact) mass is 223 g/mol. The van der Waals surface area contributed by atoms with E-state index in [9.17, 15) is 9.90 Å². The third-order valence-corrected chi connectivity index (χ3v) is 3.13. The van der Waals surface area contributed by atoms with Crippen molar-refractivity contribution in [2.24, 2.45) is 13.0 Å². The van der Waals surface area contributed by atoms with Gasteiger partial charge in [-0.15, -0.1) is 0 Å². The second kappa shape index (κ2) is 4.25. The first kappa shape index (κ1) is 11.1. The van der Waals surface area contributed by atoms with Crippen molar-refractivity contribution in [3.63, 3.8) is 0 Å². The summed E-state index contributed by atoms with van der Waals surface area (Å²) in [7, 11) is 3.55. The van der Waals surface area contributed by atoms with Crippen molar-refractivity contribution in [3.05, 3.63) is 18.0 Å². The van der Waals surface area contributed by atoms with Crippen LogP contribution in [0.5, 0.6) is 0 Å². The Balaban J connectivity index is 1.92. The Labute approximate surface area is 94.7 Å². The van der Waals surface area contributed by atoms with Gasteiger partial charge in [-0.1, -0.05) is 0 Å². The number of aliphatic hydroxyl groups excluding tert-OH is 1. The van der Waals surface area contributed by atoms with Gasteiger partial charge in [0, 0.05) is 26.8 Å². The SMILES string of the molecule is CN(CC1CC(O)C1)C(=O)c1ccnn1C. The zero-order valence-corrected chi connectivity index (χ0v) is 9.63. The molecule has 5 heteroatoms. The van der Waals surface area contributed by atoms with E-state index in [-0.39, 0.29) is 12.0 Å². The molecule has 1 N–H and O–H groups in total. The van der Waals surface area contributed by atoms with Crippen molar-refractivity contribution in [2.75, 3.05) is 13.6 Å². The minimum atomic E-state index is -0.162. The average Bonchev–Trinajstić information content (AvgIpc) is 2.61. The molecule has 1 fully saturated rings. The number of carbonyl (C=O) groups excluding carboxylic acids is 1. The summed E-state index contributed by atoms with van der Waals surface area (Å²) in [6.45, 7) is 0.709. The molecular formula is C11H17N3O2. The molecule has 1 aromatic rings. The topological polar surface area (TPSA) is 58.4 Å². The Hall–Kier alpha value is -1.36. The van der Waals surface area contributed by atoms with E-state index in [2.05, 4.69) is 5.10 Å². The lowest BCUT2D eigenvalue weighted by Crippen LogP contribution is -2.40. The van der Waals surface area contributed by atoms with Gasteiger partial charge in [-0.25, -0.2) is 0 Å². The largest absolute Gasteiger partial charge is 0.393 e. The van der Waals surface area contributed by atoms with Crippen LogP contribution in [0.3, 0.4) is 0 Å². The summed E-state index contributed by atoms with van der Waals surface area (Å²) < 4.78 is 1.58. The van der Waals surface area contributed by atoms with Crippen LogP contribution in [-0.4, -0.2) is 45.4 Å². The number of rotatable bonds is 3. The van der Waals surface area contributed by atoms with E-state index >= 15 is 0 Å². The molecule has 0 aliphatic heterocycles. The van der Waals surface area contributed by atoms with E-state index in [0.29, 0.717) is 18.2 Å². The molecule has 1 amide bonds. The van der Waals surface area contributed by atoms with Crippen molar-refractivity contribution < 1.29 is 9.90 Å². The number of aliphatic hydroxyl groups is 1. The minimum Gasteiger partial charge on any atom is -0.393 e. The van der Waals surface area contributed by atoms with Crippen LogP contribution in [-0.2, 0) is 7.05 Å². The summed E-state index contributed by atoms with van der Waals surface area (Å²) in [4.78, 5) is 13.7. The summed E-state index contributed by atoms with van der Waals surface area (Å²) in [6, 6.07) is 1.72. The van der Waals surface area contributed by atoms with Gasteiger partial charge in [0.1, 0.15) is 5.69 Å². The maximum atomic E-state index is 12.0. The lowest BCUT2D eigenvalue weighted by atomic mass is 9.82. The van der Waals surface area contributed by atoms with Gasteiger partial charge in [0.25, 0.3) is 5.91 Å². The van der Waals surface area contributed by atoms with Crippen molar-refractivity contribution in [2.45, 2.75) is 18.9 Å². The molecule has 0 atom stereocenters. The fourth-order valence-corrected chi connectivity index (χ4v) is 2.10. The highest BCUT2D eigenvalue weighted by Crippen LogP contribution is 2.27. The Kier molecular flexibility index (Phi) is 2.96. The first-order chi connectivity index (χ1) is 7.58. The molecule has 0 unspecified atom stereocenters. The van der Waals surface area contributed by atoms with Gasteiger partial charge in [-0.05, 0) is 24.8 Å². The summed E-state index contributed by atoms with van der Waals surface area (Å²) in [5.74, 6) is 0.429. The molecule has 1 aromatic heterocycles. The molecule has 0 bridgehead atoms. The predicted molar refractivity (Wildman–Crippen MR) is 58.9 cm³/mol. The van der Waals surface area contributed by atoms with E-state index < -0.39 is 0 Å². The zero-order valence-electron chi connectivity index (χ0n) is 9.63. The van der Waals surface area contributed by atoms with Crippen LogP contribution in [0.25, 0.3) is 0 Å². The van der Waals surface area contributed by atoms with E-state index in [1.807, 2.05) is 0 Å². The summed E-state index contributed by atoms with van der Waals surface area (Å²) >= 11 is 0. The highest BCUT2D eigenvalue weighted by molar-refractivity contribution is 5.92. The molecule has 1 saturated carbocycles. The summed E-state index contributed by atoms with van der Waals surface area (Å²) in [6.07, 6.45) is 3.07. The number of nitrogens with zero attached hydrogens (tertiary/aromatic N) is 3. The lowest BCUT2D eigenvalue weighted by molar-refractivity contribution is 0.0262. The molecule has 0 saturated heterocycles. The van der Waals surface area contributed by atoms with Crippen LogP contribution in [0, 0.1) is 5.92 Å². The van der Waals surface area contributed by atoms with Crippen LogP contribution in [0.1, 0.15) is 23.3 Å². The molecular weight excluding hydrogens is 206 g/mol. The van der Waals surface area contributed by atoms with Gasteiger partial charge in [-0.2, -0.15) is 5.10 Å². The smallest absolute Gasteiger partial charge is 0.271 e. The minimum absolute atomic E-state index is 0.0126. The number of amides is 1. The fraction of sp³-hybridized carbons (Fsp3) is 0.636. The van der Waals surface area contributed by atoms with Crippen LogP contribution in [0.4, 0.5) is 0 Å².